The molecule has 138 valence electrons. The summed E-state index contributed by atoms with van der Waals surface area (Å²) in [5, 5.41) is 10.6. The van der Waals surface area contributed by atoms with Gasteiger partial charge in [0.2, 0.25) is 11.8 Å². The fraction of sp³-hybridized carbons (Fsp3) is 0.167. The van der Waals surface area contributed by atoms with Gasteiger partial charge in [-0.15, -0.1) is 21.5 Å². The number of ether oxygens (including phenoxy) is 2. The largest absolute Gasteiger partial charge is 0.497 e. The Morgan fingerprint density at radius 2 is 1.89 bits per heavy atom. The van der Waals surface area contributed by atoms with E-state index >= 15 is 0 Å². The van der Waals surface area contributed by atoms with Crippen molar-refractivity contribution in [3.63, 3.8) is 0 Å². The highest BCUT2D eigenvalue weighted by molar-refractivity contribution is 7.98. The maximum absolute atomic E-state index is 5.76. The van der Waals surface area contributed by atoms with Gasteiger partial charge in [-0.3, -0.25) is 0 Å². The van der Waals surface area contributed by atoms with E-state index in [1.54, 1.807) is 37.8 Å². The van der Waals surface area contributed by atoms with Crippen molar-refractivity contribution >= 4 is 23.1 Å². The van der Waals surface area contributed by atoms with Crippen molar-refractivity contribution < 1.29 is 18.3 Å². The predicted molar refractivity (Wildman–Crippen MR) is 102 cm³/mol. The second-order valence-electron chi connectivity index (χ2n) is 5.36. The van der Waals surface area contributed by atoms with E-state index < -0.39 is 0 Å². The van der Waals surface area contributed by atoms with Crippen LogP contribution in [0.5, 0.6) is 11.5 Å². The number of methoxy groups -OCH3 is 2. The lowest BCUT2D eigenvalue weighted by atomic mass is 10.2. The Balaban J connectivity index is 1.46. The van der Waals surface area contributed by atoms with E-state index in [-0.39, 0.29) is 0 Å². The Hall–Kier alpha value is -2.78. The van der Waals surface area contributed by atoms with Crippen molar-refractivity contribution in [3.8, 4) is 33.6 Å². The number of oxazole rings is 1. The number of hydrogen-bond donors (Lipinski definition) is 0. The minimum absolute atomic E-state index is 0.390. The lowest BCUT2D eigenvalue weighted by Gasteiger charge is -2.05. The monoisotopic (exact) mass is 401 g/mol. The third-order valence-corrected chi connectivity index (χ3v) is 5.33. The summed E-state index contributed by atoms with van der Waals surface area (Å²) in [5.74, 6) is 3.55. The van der Waals surface area contributed by atoms with Gasteiger partial charge in [0.25, 0.3) is 5.22 Å². The van der Waals surface area contributed by atoms with E-state index in [2.05, 4.69) is 15.2 Å². The highest BCUT2D eigenvalue weighted by atomic mass is 32.2. The maximum Gasteiger partial charge on any atom is 0.277 e. The van der Waals surface area contributed by atoms with Gasteiger partial charge in [0.1, 0.15) is 11.5 Å². The Labute approximate surface area is 163 Å². The van der Waals surface area contributed by atoms with Gasteiger partial charge in [-0.1, -0.05) is 17.8 Å². The molecule has 0 aliphatic carbocycles. The van der Waals surface area contributed by atoms with Crippen LogP contribution in [0, 0.1) is 0 Å². The molecule has 27 heavy (non-hydrogen) atoms. The molecule has 0 aliphatic heterocycles. The number of rotatable bonds is 7. The third kappa shape index (κ3) is 3.99. The van der Waals surface area contributed by atoms with Crippen LogP contribution in [-0.4, -0.2) is 29.4 Å². The fourth-order valence-corrected chi connectivity index (χ4v) is 3.64. The van der Waals surface area contributed by atoms with Crippen LogP contribution >= 0.6 is 23.1 Å². The molecule has 0 unspecified atom stereocenters. The molecule has 0 radical (unpaired) electrons. The smallest absolute Gasteiger partial charge is 0.277 e. The van der Waals surface area contributed by atoms with Gasteiger partial charge < -0.3 is 18.3 Å². The first kappa shape index (κ1) is 17.6. The van der Waals surface area contributed by atoms with Crippen LogP contribution < -0.4 is 9.47 Å². The number of thiophene rings is 1. The van der Waals surface area contributed by atoms with Gasteiger partial charge in [0.15, 0.2) is 5.76 Å². The van der Waals surface area contributed by atoms with Crippen LogP contribution in [0.25, 0.3) is 22.1 Å². The van der Waals surface area contributed by atoms with Gasteiger partial charge in [-0.25, -0.2) is 4.98 Å². The number of hydrogen-bond acceptors (Lipinski definition) is 9. The first-order valence-corrected chi connectivity index (χ1v) is 9.80. The standard InChI is InChI=1S/C18H15N3O4S2/c1-22-12-6-11(7-13(8-12)23-2)17-20-21-18(25-17)27-10-16-19-9-14(24-16)15-4-3-5-26-15/h3-9H,10H2,1-2H3. The maximum atomic E-state index is 5.76. The van der Waals surface area contributed by atoms with Crippen molar-refractivity contribution in [3.05, 3.63) is 47.8 Å². The van der Waals surface area contributed by atoms with E-state index in [9.17, 15) is 0 Å². The van der Waals surface area contributed by atoms with E-state index in [0.717, 1.165) is 16.2 Å². The second-order valence-corrected chi connectivity index (χ2v) is 7.23. The molecule has 7 nitrogen and oxygen atoms in total. The predicted octanol–water partition coefficient (Wildman–Crippen LogP) is 4.76. The molecule has 0 N–H and O–H groups in total. The summed E-state index contributed by atoms with van der Waals surface area (Å²) in [5.41, 5.74) is 0.724. The molecule has 4 rings (SSSR count). The molecule has 0 spiro atoms. The first-order valence-electron chi connectivity index (χ1n) is 7.93. The molecule has 0 fully saturated rings. The molecule has 0 aliphatic rings. The van der Waals surface area contributed by atoms with Gasteiger partial charge in [0.05, 0.1) is 31.0 Å². The fourth-order valence-electron chi connectivity index (χ4n) is 2.35. The van der Waals surface area contributed by atoms with Crippen LogP contribution in [0.4, 0.5) is 0 Å². The molecule has 0 amide bonds. The summed E-state index contributed by atoms with van der Waals surface area (Å²) in [6.45, 7) is 0. The Bertz CT molecular complexity index is 1000. The molecule has 9 heteroatoms. The number of thioether (sulfide) groups is 1. The minimum Gasteiger partial charge on any atom is -0.497 e. The molecule has 0 saturated carbocycles. The van der Waals surface area contributed by atoms with E-state index in [0.29, 0.717) is 34.3 Å². The molecular weight excluding hydrogens is 386 g/mol. The van der Waals surface area contributed by atoms with Gasteiger partial charge in [-0.2, -0.15) is 0 Å². The molecular formula is C18H15N3O4S2. The molecule has 1 aromatic carbocycles. The SMILES string of the molecule is COc1cc(OC)cc(-c2nnc(SCc3ncc(-c4cccs4)o3)o2)c1. The number of aromatic nitrogens is 3. The van der Waals surface area contributed by atoms with Crippen LogP contribution in [0.1, 0.15) is 5.89 Å². The van der Waals surface area contributed by atoms with Crippen LogP contribution in [0.2, 0.25) is 0 Å². The normalized spacial score (nSPS) is 10.9. The van der Waals surface area contributed by atoms with Crippen molar-refractivity contribution in [1.29, 1.82) is 0 Å². The molecule has 3 aromatic heterocycles. The van der Waals surface area contributed by atoms with Crippen LogP contribution in [0.15, 0.2) is 56.0 Å². The van der Waals surface area contributed by atoms with Crippen molar-refractivity contribution in [2.45, 2.75) is 11.0 Å². The first-order chi connectivity index (χ1) is 13.2. The summed E-state index contributed by atoms with van der Waals surface area (Å²) in [7, 11) is 3.18. The highest BCUT2D eigenvalue weighted by Gasteiger charge is 2.14. The molecule has 3 heterocycles. The van der Waals surface area contributed by atoms with Gasteiger partial charge >= 0.3 is 0 Å². The van der Waals surface area contributed by atoms with Gasteiger partial charge in [0, 0.05) is 11.6 Å². The van der Waals surface area contributed by atoms with E-state index in [1.807, 2.05) is 29.6 Å². The molecule has 0 bridgehead atoms. The van der Waals surface area contributed by atoms with E-state index in [1.165, 1.54) is 11.8 Å². The summed E-state index contributed by atoms with van der Waals surface area (Å²) in [4.78, 5) is 5.34. The van der Waals surface area contributed by atoms with Gasteiger partial charge in [-0.05, 0) is 23.6 Å². The quantitative estimate of drug-likeness (QED) is 0.410. The average Bonchev–Trinajstić information content (AvgIpc) is 3.46. The topological polar surface area (TPSA) is 83.4 Å². The zero-order valence-electron chi connectivity index (χ0n) is 14.5. The van der Waals surface area contributed by atoms with Crippen LogP contribution in [-0.2, 0) is 5.75 Å². The number of benzene rings is 1. The second kappa shape index (κ2) is 7.85. The zero-order valence-corrected chi connectivity index (χ0v) is 16.2. The minimum atomic E-state index is 0.390. The average molecular weight is 401 g/mol. The van der Waals surface area contributed by atoms with Crippen molar-refractivity contribution in [2.75, 3.05) is 14.2 Å². The Morgan fingerprint density at radius 1 is 1.07 bits per heavy atom. The van der Waals surface area contributed by atoms with E-state index in [4.69, 9.17) is 18.3 Å². The van der Waals surface area contributed by atoms with Crippen LogP contribution in [0.3, 0.4) is 0 Å². The molecule has 0 saturated heterocycles. The highest BCUT2D eigenvalue weighted by Crippen LogP contribution is 2.32. The Morgan fingerprint density at radius 3 is 2.59 bits per heavy atom. The molecule has 0 atom stereocenters. The molecule has 4 aromatic rings. The van der Waals surface area contributed by atoms with Crippen molar-refractivity contribution in [1.82, 2.24) is 15.2 Å². The van der Waals surface area contributed by atoms with Crippen molar-refractivity contribution in [2.24, 2.45) is 0 Å². The Kier molecular flexibility index (Phi) is 5.12. The lowest BCUT2D eigenvalue weighted by molar-refractivity contribution is 0.394. The summed E-state index contributed by atoms with van der Waals surface area (Å²) in [6.07, 6.45) is 1.73. The summed E-state index contributed by atoms with van der Waals surface area (Å²) >= 11 is 2.97. The third-order valence-electron chi connectivity index (χ3n) is 3.64. The number of nitrogens with zero attached hydrogens (tertiary/aromatic N) is 3. The summed E-state index contributed by atoms with van der Waals surface area (Å²) < 4.78 is 22.0. The zero-order chi connectivity index (χ0) is 18.6. The summed E-state index contributed by atoms with van der Waals surface area (Å²) in [6, 6.07) is 9.38. The lowest BCUT2D eigenvalue weighted by Crippen LogP contribution is -1.88.